The van der Waals surface area contributed by atoms with Crippen molar-refractivity contribution < 1.29 is 35.5 Å². The second-order valence-electron chi connectivity index (χ2n) is 14.6. The number of unbranched alkanes of at least 4 members (excludes halogenated alkanes) is 8. The summed E-state index contributed by atoms with van der Waals surface area (Å²) in [6.07, 6.45) is 14.7. The van der Waals surface area contributed by atoms with Crippen LogP contribution in [0, 0.1) is 33.5 Å². The number of halogens is 7. The molecule has 1 amide bonds. The Morgan fingerprint density at radius 1 is 0.917 bits per heavy atom. The van der Waals surface area contributed by atoms with E-state index in [9.17, 15) is 35.6 Å². The van der Waals surface area contributed by atoms with Gasteiger partial charge < -0.3 is 5.32 Å². The lowest BCUT2D eigenvalue weighted by Crippen LogP contribution is -2.51. The van der Waals surface area contributed by atoms with E-state index in [1.165, 1.54) is 56.1 Å². The van der Waals surface area contributed by atoms with Crippen LogP contribution >= 0.6 is 0 Å². The van der Waals surface area contributed by atoms with E-state index in [0.717, 1.165) is 62.2 Å². The molecule has 0 heterocycles. The lowest BCUT2D eigenvalue weighted by Gasteiger charge is -2.52. The number of nitroso groups, excluding NO2 is 1. The Morgan fingerprint density at radius 2 is 1.48 bits per heavy atom. The number of fused-ring (bicyclic) bond motifs is 4. The minimum atomic E-state index is -6.21. The third-order valence-electron chi connectivity index (χ3n) is 11.6. The Bertz CT molecular complexity index is 1110. The molecule has 4 aliphatic rings. The number of carbonyl (C=O) groups excluding carboxylic acids is 1. The van der Waals surface area contributed by atoms with Gasteiger partial charge in [-0.2, -0.15) is 30.7 Å². The molecule has 0 aliphatic heterocycles. The number of nitrogens with zero attached hydrogens (tertiary/aromatic N) is 1. The average molecular weight is 695 g/mol. The Labute approximate surface area is 282 Å². The van der Waals surface area contributed by atoms with Crippen LogP contribution in [0.25, 0.3) is 0 Å². The molecule has 4 rings (SSSR count). The summed E-state index contributed by atoms with van der Waals surface area (Å²) < 4.78 is 86.7. The van der Waals surface area contributed by atoms with Crippen LogP contribution in [0.2, 0.25) is 0 Å². The third-order valence-corrected chi connectivity index (χ3v) is 11.6. The summed E-state index contributed by atoms with van der Waals surface area (Å²) in [6, 6.07) is 0. The number of rotatable bonds is 14. The Morgan fingerprint density at radius 3 is 1.98 bits per heavy atom. The summed E-state index contributed by atoms with van der Waals surface area (Å²) in [5, 5.41) is 5.28. The Hall–Kier alpha value is -2.20. The maximum absolute atomic E-state index is 12.9. The van der Waals surface area contributed by atoms with Gasteiger partial charge in [0.2, 0.25) is 6.41 Å². The average Bonchev–Trinajstić information content (AvgIpc) is 3.78. The van der Waals surface area contributed by atoms with Crippen molar-refractivity contribution in [3.05, 3.63) is 40.5 Å². The Kier molecular flexibility index (Phi) is 15.9. The first kappa shape index (κ1) is 42.0. The highest BCUT2D eigenvalue weighted by Gasteiger charge is 2.72. The molecule has 0 aromatic heterocycles. The summed E-state index contributed by atoms with van der Waals surface area (Å²) in [6.45, 7) is 10.8. The number of nitrogens with one attached hydrogen (secondary N) is 1. The molecular formula is C37H57F7N2O2. The minimum Gasteiger partial charge on any atom is -0.362 e. The molecule has 4 nitrogen and oxygen atoms in total. The van der Waals surface area contributed by atoms with Crippen LogP contribution in [-0.2, 0) is 4.79 Å². The van der Waals surface area contributed by atoms with Gasteiger partial charge in [-0.1, -0.05) is 83.4 Å². The molecule has 0 aromatic rings. The van der Waals surface area contributed by atoms with Crippen LogP contribution in [-0.4, -0.2) is 31.5 Å². The molecule has 4 atom stereocenters. The largest absolute Gasteiger partial charge is 0.459 e. The van der Waals surface area contributed by atoms with E-state index in [4.69, 9.17) is 4.79 Å². The maximum atomic E-state index is 12.9. The van der Waals surface area contributed by atoms with Crippen LogP contribution < -0.4 is 5.32 Å². The maximum Gasteiger partial charge on any atom is 0.459 e. The molecule has 1 spiro atoms. The van der Waals surface area contributed by atoms with Crippen LogP contribution in [0.5, 0.6) is 0 Å². The fourth-order valence-corrected chi connectivity index (χ4v) is 8.53. The fourth-order valence-electron chi connectivity index (χ4n) is 8.53. The topological polar surface area (TPSA) is 58.5 Å². The predicted octanol–water partition coefficient (Wildman–Crippen LogP) is 12.3. The van der Waals surface area contributed by atoms with Gasteiger partial charge in [0.25, 0.3) is 0 Å². The first-order valence-electron chi connectivity index (χ1n) is 17.8. The molecule has 48 heavy (non-hydrogen) atoms. The van der Waals surface area contributed by atoms with Crippen molar-refractivity contribution in [1.29, 1.82) is 0 Å². The summed E-state index contributed by atoms with van der Waals surface area (Å²) in [5.74, 6) is -8.58. The molecule has 276 valence electrons. The van der Waals surface area contributed by atoms with E-state index in [1.807, 2.05) is 6.08 Å². The molecule has 0 saturated heterocycles. The lowest BCUT2D eigenvalue weighted by atomic mass is 9.53. The quantitative estimate of drug-likeness (QED) is 0.0851. The molecule has 11 heteroatoms. The van der Waals surface area contributed by atoms with E-state index in [2.05, 4.69) is 37.0 Å². The molecule has 0 radical (unpaired) electrons. The summed E-state index contributed by atoms with van der Waals surface area (Å²) in [5.41, 5.74) is 4.60. The van der Waals surface area contributed by atoms with E-state index < -0.39 is 24.4 Å². The molecule has 4 unspecified atom stereocenters. The number of carbonyl (C=O) groups is 1. The molecule has 4 aliphatic carbocycles. The highest BCUT2D eigenvalue weighted by molar-refractivity contribution is 5.44. The van der Waals surface area contributed by atoms with Gasteiger partial charge in [0, 0.05) is 13.5 Å². The molecular weight excluding hydrogens is 637 g/mol. The molecule has 4 fully saturated rings. The van der Waals surface area contributed by atoms with E-state index in [-0.39, 0.29) is 12.8 Å². The normalized spacial score (nSPS) is 27.2. The van der Waals surface area contributed by atoms with Crippen molar-refractivity contribution in [2.24, 2.45) is 33.8 Å². The zero-order valence-corrected chi connectivity index (χ0v) is 29.3. The van der Waals surface area contributed by atoms with Gasteiger partial charge in [-0.15, -0.1) is 4.91 Å². The number of hydrogen-bond acceptors (Lipinski definition) is 3. The first-order chi connectivity index (χ1) is 22.5. The van der Waals surface area contributed by atoms with Crippen LogP contribution in [0.15, 0.2) is 40.8 Å². The smallest absolute Gasteiger partial charge is 0.362 e. The van der Waals surface area contributed by atoms with Gasteiger partial charge in [0.05, 0.1) is 5.70 Å². The van der Waals surface area contributed by atoms with Crippen molar-refractivity contribution in [3.63, 3.8) is 0 Å². The second kappa shape index (κ2) is 18.2. The third kappa shape index (κ3) is 10.2. The van der Waals surface area contributed by atoms with Crippen LogP contribution in [0.3, 0.4) is 0 Å². The van der Waals surface area contributed by atoms with Crippen molar-refractivity contribution in [2.75, 3.05) is 7.05 Å². The van der Waals surface area contributed by atoms with Gasteiger partial charge in [0.15, 0.2) is 0 Å². The minimum absolute atomic E-state index is 0.247. The number of alkyl halides is 7. The van der Waals surface area contributed by atoms with Crippen LogP contribution in [0.4, 0.5) is 30.7 Å². The lowest BCUT2D eigenvalue weighted by molar-refractivity contribution is -0.355. The van der Waals surface area contributed by atoms with Crippen molar-refractivity contribution >= 4 is 6.41 Å². The first-order valence-corrected chi connectivity index (χ1v) is 17.8. The van der Waals surface area contributed by atoms with Gasteiger partial charge >= 0.3 is 18.0 Å². The zero-order chi connectivity index (χ0) is 36.2. The number of amides is 1. The molecule has 4 saturated carbocycles. The van der Waals surface area contributed by atoms with Crippen LogP contribution in [0.1, 0.15) is 136 Å². The number of allylic oxidation sites excluding steroid dienone is 5. The zero-order valence-electron chi connectivity index (χ0n) is 29.3. The van der Waals surface area contributed by atoms with E-state index in [1.54, 1.807) is 14.0 Å². The standard InChI is InChI=1S/C21H29NO.C14H23F7.C2H5NO/c1-14-4-6-18-17(16(14)7-5-15(2)22-23)8-10-20(3)19(18)9-11-21(20)12-13-21;1-2-3-4-5-6-7-8-9-10-11-12(15,16)13(17,18)14(19,20)21;1-3-2-4/h5,7,17-19H,1,4,6,8-13H2,2-3H3;2-11H2,1H3;2H,1H3,(H,3,4)/b15-5+,16-7+;;. The fraction of sp³-hybridized carbons (Fsp3) is 0.811. The molecule has 1 N–H and O–H groups in total. The predicted molar refractivity (Wildman–Crippen MR) is 178 cm³/mol. The SMILES string of the molecule is C=C1CCC2C(CCC3(C)C2CCC32CC2)/C1=C/C=C(\C)N=O.CCCCCCCCCCCC(F)(F)C(F)(F)C(F)(F)F.CNC=O. The van der Waals surface area contributed by atoms with Gasteiger partial charge in [-0.05, 0) is 110 Å². The van der Waals surface area contributed by atoms with Gasteiger partial charge in [-0.25, -0.2) is 0 Å². The van der Waals surface area contributed by atoms with E-state index >= 15 is 0 Å². The Balaban J connectivity index is 0.000000302. The second-order valence-corrected chi connectivity index (χ2v) is 14.6. The van der Waals surface area contributed by atoms with Gasteiger partial charge in [-0.3, -0.25) is 4.79 Å². The highest BCUT2D eigenvalue weighted by Crippen LogP contribution is 2.75. The highest BCUT2D eigenvalue weighted by atomic mass is 19.4. The molecule has 0 bridgehead atoms. The van der Waals surface area contributed by atoms with Crippen molar-refractivity contribution in [1.82, 2.24) is 5.32 Å². The van der Waals surface area contributed by atoms with Crippen molar-refractivity contribution in [2.45, 2.75) is 154 Å². The van der Waals surface area contributed by atoms with Gasteiger partial charge in [0.1, 0.15) is 0 Å². The monoisotopic (exact) mass is 694 g/mol. The molecule has 0 aromatic carbocycles. The van der Waals surface area contributed by atoms with E-state index in [0.29, 0.717) is 29.9 Å². The summed E-state index contributed by atoms with van der Waals surface area (Å²) in [7, 11) is 1.56. The summed E-state index contributed by atoms with van der Waals surface area (Å²) >= 11 is 0. The van der Waals surface area contributed by atoms with Crippen molar-refractivity contribution in [3.8, 4) is 0 Å². The summed E-state index contributed by atoms with van der Waals surface area (Å²) in [4.78, 5) is 19.7. The number of hydrogen-bond donors (Lipinski definition) is 1.